The normalized spacial score (nSPS) is 17.5. The number of para-hydroxylation sites is 1. The van der Waals surface area contributed by atoms with Gasteiger partial charge in [0.2, 0.25) is 5.91 Å². The van der Waals surface area contributed by atoms with Gasteiger partial charge in [-0.25, -0.2) is 0 Å². The maximum atomic E-state index is 12.2. The Morgan fingerprint density at radius 2 is 2.33 bits per heavy atom. The van der Waals surface area contributed by atoms with Crippen LogP contribution in [0.1, 0.15) is 22.3 Å². The van der Waals surface area contributed by atoms with Crippen molar-refractivity contribution >= 4 is 17.5 Å². The van der Waals surface area contributed by atoms with E-state index in [4.69, 9.17) is 5.53 Å². The zero-order valence-electron chi connectivity index (χ0n) is 12.0. The topological polar surface area (TPSA) is 98.2 Å². The minimum absolute atomic E-state index is 0.00876. The number of hydrogen-bond acceptors (Lipinski definition) is 3. The molecule has 7 nitrogen and oxygen atoms in total. The van der Waals surface area contributed by atoms with Crippen molar-refractivity contribution in [1.82, 2.24) is 5.32 Å². The first-order chi connectivity index (χ1) is 10.1. The van der Waals surface area contributed by atoms with Gasteiger partial charge in [-0.1, -0.05) is 17.2 Å². The first-order valence-corrected chi connectivity index (χ1v) is 6.71. The number of carbonyl (C=O) groups is 2. The lowest BCUT2D eigenvalue weighted by atomic mass is 10.1. The average molecular weight is 287 g/mol. The van der Waals surface area contributed by atoms with E-state index in [1.165, 1.54) is 0 Å². The van der Waals surface area contributed by atoms with Gasteiger partial charge >= 0.3 is 0 Å². The third-order valence-corrected chi connectivity index (χ3v) is 3.59. The molecular weight excluding hydrogens is 270 g/mol. The van der Waals surface area contributed by atoms with Gasteiger partial charge in [-0.3, -0.25) is 9.59 Å². The Hall–Kier alpha value is -2.53. The van der Waals surface area contributed by atoms with Crippen molar-refractivity contribution in [2.45, 2.75) is 13.3 Å². The number of anilines is 1. The average Bonchev–Trinajstić information content (AvgIpc) is 2.84. The van der Waals surface area contributed by atoms with Crippen LogP contribution in [-0.4, -0.2) is 32.0 Å². The lowest BCUT2D eigenvalue weighted by Gasteiger charge is -2.22. The molecule has 1 fully saturated rings. The fraction of sp³-hybridized carbons (Fsp3) is 0.429. The maximum Gasteiger partial charge on any atom is 0.253 e. The van der Waals surface area contributed by atoms with Crippen molar-refractivity contribution in [2.24, 2.45) is 11.0 Å². The van der Waals surface area contributed by atoms with E-state index in [-0.39, 0.29) is 17.7 Å². The third kappa shape index (κ3) is 2.98. The highest BCUT2D eigenvalue weighted by atomic mass is 16.2. The van der Waals surface area contributed by atoms with Gasteiger partial charge in [0.05, 0.1) is 11.3 Å². The second-order valence-corrected chi connectivity index (χ2v) is 5.04. The van der Waals surface area contributed by atoms with Crippen molar-refractivity contribution in [1.29, 1.82) is 0 Å². The van der Waals surface area contributed by atoms with E-state index in [0.717, 1.165) is 5.56 Å². The smallest absolute Gasteiger partial charge is 0.253 e. The summed E-state index contributed by atoms with van der Waals surface area (Å²) in [7, 11) is 1.56. The molecule has 0 saturated carbocycles. The molecule has 1 aromatic rings. The van der Waals surface area contributed by atoms with Gasteiger partial charge in [0.15, 0.2) is 0 Å². The molecule has 0 radical (unpaired) electrons. The predicted molar refractivity (Wildman–Crippen MR) is 79.0 cm³/mol. The summed E-state index contributed by atoms with van der Waals surface area (Å²) >= 11 is 0. The second-order valence-electron chi connectivity index (χ2n) is 5.04. The Bertz CT molecular complexity index is 622. The predicted octanol–water partition coefficient (Wildman–Crippen LogP) is 2.02. The molecule has 0 spiro atoms. The molecule has 7 heteroatoms. The number of aryl methyl sites for hydroxylation is 1. The first kappa shape index (κ1) is 14.9. The highest BCUT2D eigenvalue weighted by molar-refractivity contribution is 6.06. The van der Waals surface area contributed by atoms with E-state index >= 15 is 0 Å². The van der Waals surface area contributed by atoms with Crippen molar-refractivity contribution in [2.75, 3.05) is 25.0 Å². The number of carbonyl (C=O) groups excluding carboxylic acids is 2. The van der Waals surface area contributed by atoms with Crippen molar-refractivity contribution < 1.29 is 9.59 Å². The van der Waals surface area contributed by atoms with Gasteiger partial charge in [-0.05, 0) is 30.0 Å². The molecule has 1 N–H and O–H groups in total. The summed E-state index contributed by atoms with van der Waals surface area (Å²) in [5.41, 5.74) is 10.4. The molecule has 2 rings (SSSR count). The van der Waals surface area contributed by atoms with E-state index in [1.54, 1.807) is 24.1 Å². The van der Waals surface area contributed by atoms with Gasteiger partial charge in [0.25, 0.3) is 5.91 Å². The van der Waals surface area contributed by atoms with E-state index in [2.05, 4.69) is 15.3 Å². The van der Waals surface area contributed by atoms with Crippen LogP contribution in [0.3, 0.4) is 0 Å². The van der Waals surface area contributed by atoms with E-state index in [9.17, 15) is 9.59 Å². The zero-order chi connectivity index (χ0) is 15.4. The molecule has 110 valence electrons. The molecule has 1 atom stereocenters. The summed E-state index contributed by atoms with van der Waals surface area (Å²) in [6, 6.07) is 5.37. The Balaban J connectivity index is 2.35. The van der Waals surface area contributed by atoms with Crippen molar-refractivity contribution in [3.8, 4) is 0 Å². The Kier molecular flexibility index (Phi) is 4.45. The van der Waals surface area contributed by atoms with Crippen LogP contribution in [0.2, 0.25) is 0 Å². The van der Waals surface area contributed by atoms with Gasteiger partial charge in [0.1, 0.15) is 0 Å². The summed E-state index contributed by atoms with van der Waals surface area (Å²) < 4.78 is 0. The highest BCUT2D eigenvalue weighted by Crippen LogP contribution is 2.31. The Morgan fingerprint density at radius 3 is 3.00 bits per heavy atom. The molecule has 1 saturated heterocycles. The van der Waals surface area contributed by atoms with E-state index < -0.39 is 0 Å². The zero-order valence-corrected chi connectivity index (χ0v) is 12.0. The summed E-state index contributed by atoms with van der Waals surface area (Å²) in [4.78, 5) is 28.6. The second kappa shape index (κ2) is 6.28. The van der Waals surface area contributed by atoms with Gasteiger partial charge in [0, 0.05) is 31.5 Å². The summed E-state index contributed by atoms with van der Waals surface area (Å²) in [5, 5.41) is 6.12. The SMILES string of the molecule is CNC(=O)c1cccc(C)c1N1CC(CN=[N+]=[N-])CC1=O. The standard InChI is InChI=1S/C14H17N5O2/c1-9-4-3-5-11(14(21)16-2)13(9)19-8-10(6-12(19)20)7-17-18-15/h3-5,10H,6-8H2,1-2H3,(H,16,21). The van der Waals surface area contributed by atoms with Crippen molar-refractivity contribution in [3.63, 3.8) is 0 Å². The van der Waals surface area contributed by atoms with Crippen LogP contribution in [-0.2, 0) is 4.79 Å². The van der Waals surface area contributed by atoms with Gasteiger partial charge in [-0.2, -0.15) is 0 Å². The highest BCUT2D eigenvalue weighted by Gasteiger charge is 2.32. The Labute approximate surface area is 122 Å². The van der Waals surface area contributed by atoms with Crippen LogP contribution in [0.4, 0.5) is 5.69 Å². The summed E-state index contributed by atoms with van der Waals surface area (Å²) in [5.74, 6) is -0.280. The molecule has 21 heavy (non-hydrogen) atoms. The number of amides is 2. The molecule has 1 heterocycles. The Morgan fingerprint density at radius 1 is 1.57 bits per heavy atom. The molecule has 2 amide bonds. The fourth-order valence-electron chi connectivity index (χ4n) is 2.61. The number of nitrogens with zero attached hydrogens (tertiary/aromatic N) is 4. The molecule has 1 aliphatic heterocycles. The lowest BCUT2D eigenvalue weighted by molar-refractivity contribution is -0.117. The van der Waals surface area contributed by atoms with Crippen LogP contribution in [0.25, 0.3) is 10.4 Å². The summed E-state index contributed by atoms with van der Waals surface area (Å²) in [6.45, 7) is 2.63. The van der Waals surface area contributed by atoms with Crippen LogP contribution in [0, 0.1) is 12.8 Å². The molecular formula is C14H17N5O2. The largest absolute Gasteiger partial charge is 0.355 e. The molecule has 0 aliphatic carbocycles. The molecule has 1 unspecified atom stereocenters. The molecule has 1 aliphatic rings. The van der Waals surface area contributed by atoms with Crippen LogP contribution >= 0.6 is 0 Å². The number of benzene rings is 1. The quantitative estimate of drug-likeness (QED) is 0.520. The molecule has 1 aromatic carbocycles. The van der Waals surface area contributed by atoms with E-state index in [0.29, 0.717) is 30.8 Å². The number of azide groups is 1. The van der Waals surface area contributed by atoms with Gasteiger partial charge < -0.3 is 10.2 Å². The maximum absolute atomic E-state index is 12.2. The lowest BCUT2D eigenvalue weighted by Crippen LogP contribution is -2.29. The number of rotatable bonds is 4. The van der Waals surface area contributed by atoms with Crippen LogP contribution < -0.4 is 10.2 Å². The fourth-order valence-corrected chi connectivity index (χ4v) is 2.61. The van der Waals surface area contributed by atoms with E-state index in [1.807, 2.05) is 13.0 Å². The van der Waals surface area contributed by atoms with Crippen LogP contribution in [0.15, 0.2) is 23.3 Å². The van der Waals surface area contributed by atoms with Crippen molar-refractivity contribution in [3.05, 3.63) is 39.8 Å². The van der Waals surface area contributed by atoms with Gasteiger partial charge in [-0.15, -0.1) is 0 Å². The first-order valence-electron chi connectivity index (χ1n) is 6.71. The number of hydrogen-bond donors (Lipinski definition) is 1. The minimum Gasteiger partial charge on any atom is -0.355 e. The monoisotopic (exact) mass is 287 g/mol. The molecule has 0 bridgehead atoms. The number of nitrogens with one attached hydrogen (secondary N) is 1. The minimum atomic E-state index is -0.222. The summed E-state index contributed by atoms with van der Waals surface area (Å²) in [6.07, 6.45) is 0.334. The third-order valence-electron chi connectivity index (χ3n) is 3.59. The van der Waals surface area contributed by atoms with Crippen LogP contribution in [0.5, 0.6) is 0 Å². The molecule has 0 aromatic heterocycles.